The number of fused-ring (bicyclic) bond motifs is 1. The van der Waals surface area contributed by atoms with Crippen LogP contribution in [-0.2, 0) is 15.8 Å². The monoisotopic (exact) mass is 385 g/mol. The minimum atomic E-state index is -3.38. The van der Waals surface area contributed by atoms with Gasteiger partial charge < -0.3 is 10.6 Å². The van der Waals surface area contributed by atoms with E-state index >= 15 is 0 Å². The Kier molecular flexibility index (Phi) is 4.44. The molecule has 0 aliphatic carbocycles. The summed E-state index contributed by atoms with van der Waals surface area (Å²) in [5.41, 5.74) is 2.68. The number of amides is 1. The normalized spacial score (nSPS) is 19.2. The number of carbonyl (C=O) groups excluding carboxylic acids is 1. The summed E-state index contributed by atoms with van der Waals surface area (Å²) in [7, 11) is -3.38. The summed E-state index contributed by atoms with van der Waals surface area (Å²) in [6, 6.07) is 15.0. The van der Waals surface area contributed by atoms with Crippen LogP contribution in [0.25, 0.3) is 0 Å². The molecule has 2 heterocycles. The second-order valence-corrected chi connectivity index (χ2v) is 9.32. The van der Waals surface area contributed by atoms with Gasteiger partial charge in [-0.15, -0.1) is 0 Å². The van der Waals surface area contributed by atoms with Gasteiger partial charge >= 0.3 is 0 Å². The van der Waals surface area contributed by atoms with Crippen LogP contribution in [0.5, 0.6) is 0 Å². The van der Waals surface area contributed by atoms with Crippen molar-refractivity contribution in [1.29, 1.82) is 0 Å². The Hall–Kier alpha value is -2.38. The first-order valence-corrected chi connectivity index (χ1v) is 10.7. The largest absolute Gasteiger partial charge is 0.362 e. The highest BCUT2D eigenvalue weighted by molar-refractivity contribution is 7.88. The molecule has 7 heteroatoms. The molecule has 0 saturated carbocycles. The van der Waals surface area contributed by atoms with E-state index in [4.69, 9.17) is 0 Å². The minimum absolute atomic E-state index is 0.00272. The van der Waals surface area contributed by atoms with E-state index in [9.17, 15) is 13.2 Å². The van der Waals surface area contributed by atoms with Crippen molar-refractivity contribution >= 4 is 21.6 Å². The van der Waals surface area contributed by atoms with Crippen LogP contribution in [0.15, 0.2) is 48.5 Å². The van der Waals surface area contributed by atoms with E-state index in [0.29, 0.717) is 31.5 Å². The molecule has 0 radical (unpaired) electrons. The fourth-order valence-electron chi connectivity index (χ4n) is 3.80. The van der Waals surface area contributed by atoms with E-state index in [1.54, 1.807) is 0 Å². The second-order valence-electron chi connectivity index (χ2n) is 7.35. The number of nitrogens with one attached hydrogen (secondary N) is 2. The molecule has 1 amide bonds. The molecule has 1 saturated heterocycles. The summed E-state index contributed by atoms with van der Waals surface area (Å²) in [6.45, 7) is 2.71. The van der Waals surface area contributed by atoms with Crippen molar-refractivity contribution < 1.29 is 13.2 Å². The highest BCUT2D eigenvalue weighted by Crippen LogP contribution is 2.32. The summed E-state index contributed by atoms with van der Waals surface area (Å²) < 4.78 is 27.0. The lowest BCUT2D eigenvalue weighted by Gasteiger charge is -2.45. The Bertz CT molecular complexity index is 965. The lowest BCUT2D eigenvalue weighted by molar-refractivity contribution is 0.0865. The number of hydrogen-bond donors (Lipinski definition) is 2. The van der Waals surface area contributed by atoms with E-state index in [0.717, 1.165) is 16.8 Å². The van der Waals surface area contributed by atoms with Gasteiger partial charge in [0.2, 0.25) is 10.0 Å². The zero-order valence-electron chi connectivity index (χ0n) is 15.2. The van der Waals surface area contributed by atoms with E-state index < -0.39 is 15.7 Å². The molecule has 2 aromatic carbocycles. The first kappa shape index (κ1) is 18.0. The summed E-state index contributed by atoms with van der Waals surface area (Å²) in [6.07, 6.45) is 1.06. The third-order valence-electron chi connectivity index (χ3n) is 5.31. The molecule has 1 fully saturated rings. The number of rotatable bonds is 3. The summed E-state index contributed by atoms with van der Waals surface area (Å²) >= 11 is 0. The van der Waals surface area contributed by atoms with Crippen LogP contribution in [-0.4, -0.2) is 37.4 Å². The van der Waals surface area contributed by atoms with Crippen LogP contribution in [0.4, 0.5) is 5.69 Å². The molecule has 0 atom stereocenters. The zero-order chi connectivity index (χ0) is 19.1. The molecular formula is C20H23N3O3S. The number of aryl methyl sites for hydroxylation is 1. The first-order chi connectivity index (χ1) is 12.9. The molecule has 1 spiro atoms. The number of sulfonamides is 1. The predicted molar refractivity (Wildman–Crippen MR) is 105 cm³/mol. The SMILES string of the molecule is Cc1ccc2c(c1)C(=O)NC1(CCN(S(=O)(=O)Cc3ccccc3)CC1)N2. The van der Waals surface area contributed by atoms with Crippen LogP contribution < -0.4 is 10.6 Å². The van der Waals surface area contributed by atoms with Crippen molar-refractivity contribution in [3.05, 3.63) is 65.2 Å². The van der Waals surface area contributed by atoms with Gasteiger partial charge in [0.05, 0.1) is 11.3 Å². The second kappa shape index (κ2) is 6.65. The number of nitrogens with zero attached hydrogens (tertiary/aromatic N) is 1. The fourth-order valence-corrected chi connectivity index (χ4v) is 5.34. The molecule has 0 aromatic heterocycles. The van der Waals surface area contributed by atoms with E-state index in [1.165, 1.54) is 4.31 Å². The zero-order valence-corrected chi connectivity index (χ0v) is 16.1. The minimum Gasteiger partial charge on any atom is -0.362 e. The lowest BCUT2D eigenvalue weighted by Crippen LogP contribution is -2.62. The molecule has 0 unspecified atom stereocenters. The number of benzene rings is 2. The van der Waals surface area contributed by atoms with Crippen molar-refractivity contribution in [1.82, 2.24) is 9.62 Å². The number of carbonyl (C=O) groups is 1. The quantitative estimate of drug-likeness (QED) is 0.851. The molecule has 0 bridgehead atoms. The Morgan fingerprint density at radius 2 is 1.74 bits per heavy atom. The Labute approximate surface area is 159 Å². The van der Waals surface area contributed by atoms with Gasteiger partial charge in [-0.25, -0.2) is 12.7 Å². The van der Waals surface area contributed by atoms with Crippen LogP contribution in [0.2, 0.25) is 0 Å². The van der Waals surface area contributed by atoms with Gasteiger partial charge in [-0.2, -0.15) is 0 Å². The topological polar surface area (TPSA) is 78.5 Å². The molecule has 2 aliphatic rings. The van der Waals surface area contributed by atoms with Crippen LogP contribution in [0.1, 0.15) is 34.3 Å². The van der Waals surface area contributed by atoms with Gasteiger partial charge in [0.15, 0.2) is 0 Å². The van der Waals surface area contributed by atoms with Gasteiger partial charge in [-0.05, 0) is 24.6 Å². The third kappa shape index (κ3) is 3.57. The smallest absolute Gasteiger partial charge is 0.255 e. The van der Waals surface area contributed by atoms with Gasteiger partial charge in [-0.3, -0.25) is 4.79 Å². The third-order valence-corrected chi connectivity index (χ3v) is 7.16. The predicted octanol–water partition coefficient (Wildman–Crippen LogP) is 2.47. The van der Waals surface area contributed by atoms with Gasteiger partial charge in [-0.1, -0.05) is 42.0 Å². The maximum Gasteiger partial charge on any atom is 0.255 e. The maximum atomic E-state index is 12.7. The highest BCUT2D eigenvalue weighted by atomic mass is 32.2. The van der Waals surface area contributed by atoms with Gasteiger partial charge in [0.25, 0.3) is 5.91 Å². The molecule has 2 N–H and O–H groups in total. The molecule has 27 heavy (non-hydrogen) atoms. The van der Waals surface area contributed by atoms with Crippen LogP contribution in [0.3, 0.4) is 0 Å². The highest BCUT2D eigenvalue weighted by Gasteiger charge is 2.42. The van der Waals surface area contributed by atoms with E-state index in [2.05, 4.69) is 10.6 Å². The Balaban J connectivity index is 1.47. The summed E-state index contributed by atoms with van der Waals surface area (Å²) in [5, 5.41) is 6.50. The first-order valence-electron chi connectivity index (χ1n) is 9.10. The fraction of sp³-hybridized carbons (Fsp3) is 0.350. The molecular weight excluding hydrogens is 362 g/mol. The summed E-state index contributed by atoms with van der Waals surface area (Å²) in [5.74, 6) is -0.101. The number of hydrogen-bond acceptors (Lipinski definition) is 4. The van der Waals surface area contributed by atoms with Crippen LogP contribution >= 0.6 is 0 Å². The molecule has 142 valence electrons. The average Bonchev–Trinajstić information content (AvgIpc) is 2.63. The van der Waals surface area contributed by atoms with Crippen molar-refractivity contribution in [3.63, 3.8) is 0 Å². The standard InChI is InChI=1S/C20H23N3O3S/c1-15-7-8-18-17(13-15)19(24)22-20(21-18)9-11-23(12-10-20)27(25,26)14-16-5-3-2-4-6-16/h2-8,13,21H,9-12,14H2,1H3,(H,22,24). The van der Waals surface area contributed by atoms with E-state index in [-0.39, 0.29) is 11.7 Å². The van der Waals surface area contributed by atoms with Crippen molar-refractivity contribution in [2.75, 3.05) is 18.4 Å². The Morgan fingerprint density at radius 1 is 1.04 bits per heavy atom. The average molecular weight is 385 g/mol. The number of piperidine rings is 1. The molecule has 6 nitrogen and oxygen atoms in total. The maximum absolute atomic E-state index is 12.7. The number of anilines is 1. The van der Waals surface area contributed by atoms with Crippen molar-refractivity contribution in [2.45, 2.75) is 31.2 Å². The van der Waals surface area contributed by atoms with Crippen LogP contribution in [0, 0.1) is 6.92 Å². The van der Waals surface area contributed by atoms with E-state index in [1.807, 2.05) is 55.5 Å². The van der Waals surface area contributed by atoms with Gasteiger partial charge in [0, 0.05) is 31.6 Å². The molecule has 2 aliphatic heterocycles. The molecule has 2 aromatic rings. The Morgan fingerprint density at radius 3 is 2.44 bits per heavy atom. The van der Waals surface area contributed by atoms with Gasteiger partial charge in [0.1, 0.15) is 5.66 Å². The summed E-state index contributed by atoms with van der Waals surface area (Å²) in [4.78, 5) is 12.5. The van der Waals surface area contributed by atoms with Crippen molar-refractivity contribution in [2.24, 2.45) is 0 Å². The van der Waals surface area contributed by atoms with Crippen molar-refractivity contribution in [3.8, 4) is 0 Å². The molecule has 4 rings (SSSR count). The lowest BCUT2D eigenvalue weighted by atomic mass is 9.93.